The van der Waals surface area contributed by atoms with E-state index in [2.05, 4.69) is 15.1 Å². The molecule has 2 aromatic heterocycles. The third kappa shape index (κ3) is 1.53. The predicted molar refractivity (Wildman–Crippen MR) is 75.8 cm³/mol. The van der Waals surface area contributed by atoms with Gasteiger partial charge in [-0.1, -0.05) is 12.1 Å². The molecule has 98 valence electrons. The highest BCUT2D eigenvalue weighted by Crippen LogP contribution is 2.27. The lowest BCUT2D eigenvalue weighted by Gasteiger charge is -2.01. The number of hydrogen-bond donors (Lipinski definition) is 1. The number of nitrogens with zero attached hydrogens (tertiary/aromatic N) is 3. The van der Waals surface area contributed by atoms with E-state index < -0.39 is 0 Å². The second kappa shape index (κ2) is 3.90. The smallest absolute Gasteiger partial charge is 0.141 e. The topological polar surface area (TPSA) is 46.5 Å². The van der Waals surface area contributed by atoms with Crippen LogP contribution in [0.2, 0.25) is 0 Å². The number of nitrogens with one attached hydrogen (secondary N) is 1. The van der Waals surface area contributed by atoms with Crippen LogP contribution in [0, 0.1) is 5.82 Å². The fraction of sp³-hybridized carbons (Fsp3) is 0.0667. The van der Waals surface area contributed by atoms with E-state index in [9.17, 15) is 4.39 Å². The minimum atomic E-state index is -0.301. The Morgan fingerprint density at radius 2 is 2.05 bits per heavy atom. The minimum Gasteiger partial charge on any atom is -0.338 e. The molecule has 20 heavy (non-hydrogen) atoms. The molecule has 0 unspecified atom stereocenters. The quantitative estimate of drug-likeness (QED) is 0.575. The Kier molecular flexibility index (Phi) is 2.18. The standard InChI is InChI=1S/C15H11FN4/c1-20-14-7-10(11(16)6-9(14)8-17-20)15-18-12-4-2-3-5-13(12)19-15/h2-8H,1H3,(H,18,19). The molecule has 0 amide bonds. The van der Waals surface area contributed by atoms with Gasteiger partial charge in [-0.05, 0) is 24.3 Å². The molecule has 0 bridgehead atoms. The molecule has 4 aromatic rings. The van der Waals surface area contributed by atoms with Gasteiger partial charge in [-0.15, -0.1) is 0 Å². The van der Waals surface area contributed by atoms with Gasteiger partial charge in [0.05, 0.1) is 28.3 Å². The third-order valence-electron chi connectivity index (χ3n) is 3.48. The average molecular weight is 266 g/mol. The van der Waals surface area contributed by atoms with Gasteiger partial charge in [0.1, 0.15) is 11.6 Å². The van der Waals surface area contributed by atoms with Crippen LogP contribution < -0.4 is 0 Å². The summed E-state index contributed by atoms with van der Waals surface area (Å²) in [5.41, 5.74) is 3.05. The van der Waals surface area contributed by atoms with Gasteiger partial charge in [-0.2, -0.15) is 5.10 Å². The molecule has 2 aromatic carbocycles. The maximum atomic E-state index is 14.2. The third-order valence-corrected chi connectivity index (χ3v) is 3.48. The van der Waals surface area contributed by atoms with Crippen molar-refractivity contribution in [2.24, 2.45) is 7.05 Å². The van der Waals surface area contributed by atoms with E-state index in [1.807, 2.05) is 31.3 Å². The number of halogens is 1. The van der Waals surface area contributed by atoms with Gasteiger partial charge in [0, 0.05) is 12.4 Å². The monoisotopic (exact) mass is 266 g/mol. The van der Waals surface area contributed by atoms with Crippen LogP contribution in [0.25, 0.3) is 33.3 Å². The lowest BCUT2D eigenvalue weighted by molar-refractivity contribution is 0.632. The Balaban J connectivity index is 2.00. The Morgan fingerprint density at radius 1 is 1.20 bits per heavy atom. The molecule has 0 aliphatic heterocycles. The number of hydrogen-bond acceptors (Lipinski definition) is 2. The first-order valence-electron chi connectivity index (χ1n) is 6.29. The molecular formula is C15H11FN4. The lowest BCUT2D eigenvalue weighted by atomic mass is 10.1. The summed E-state index contributed by atoms with van der Waals surface area (Å²) in [6.07, 6.45) is 1.65. The molecule has 5 heteroatoms. The molecular weight excluding hydrogens is 255 g/mol. The van der Waals surface area contributed by atoms with Crippen LogP contribution >= 0.6 is 0 Å². The highest BCUT2D eigenvalue weighted by atomic mass is 19.1. The van der Waals surface area contributed by atoms with Gasteiger partial charge in [-0.25, -0.2) is 9.37 Å². The van der Waals surface area contributed by atoms with Crippen molar-refractivity contribution in [2.75, 3.05) is 0 Å². The lowest BCUT2D eigenvalue weighted by Crippen LogP contribution is -1.91. The molecule has 0 aliphatic carbocycles. The largest absolute Gasteiger partial charge is 0.338 e. The fourth-order valence-electron chi connectivity index (χ4n) is 2.43. The summed E-state index contributed by atoms with van der Waals surface area (Å²) < 4.78 is 16.0. The van der Waals surface area contributed by atoms with Crippen LogP contribution in [0.5, 0.6) is 0 Å². The van der Waals surface area contributed by atoms with E-state index in [-0.39, 0.29) is 5.82 Å². The van der Waals surface area contributed by atoms with Gasteiger partial charge in [0.15, 0.2) is 0 Å². The number of aromatic nitrogens is 4. The summed E-state index contributed by atoms with van der Waals surface area (Å²) in [7, 11) is 1.84. The highest BCUT2D eigenvalue weighted by Gasteiger charge is 2.13. The zero-order valence-electron chi connectivity index (χ0n) is 10.8. The first-order valence-corrected chi connectivity index (χ1v) is 6.29. The van der Waals surface area contributed by atoms with Crippen molar-refractivity contribution in [1.82, 2.24) is 19.7 Å². The molecule has 0 saturated carbocycles. The van der Waals surface area contributed by atoms with E-state index >= 15 is 0 Å². The molecule has 0 aliphatic rings. The summed E-state index contributed by atoms with van der Waals surface area (Å²) in [5, 5.41) is 4.92. The van der Waals surface area contributed by atoms with Gasteiger partial charge >= 0.3 is 0 Å². The van der Waals surface area contributed by atoms with Crippen molar-refractivity contribution in [3.8, 4) is 11.4 Å². The predicted octanol–water partition coefficient (Wildman–Crippen LogP) is 3.26. The summed E-state index contributed by atoms with van der Waals surface area (Å²) in [6, 6.07) is 10.9. The number of aryl methyl sites for hydroxylation is 1. The number of benzene rings is 2. The van der Waals surface area contributed by atoms with E-state index in [1.54, 1.807) is 16.9 Å². The number of imidazole rings is 1. The molecule has 4 rings (SSSR count). The van der Waals surface area contributed by atoms with Gasteiger partial charge in [0.25, 0.3) is 0 Å². The average Bonchev–Trinajstić information content (AvgIpc) is 3.02. The number of H-pyrrole nitrogens is 1. The Labute approximate surface area is 113 Å². The molecule has 2 heterocycles. The molecule has 4 nitrogen and oxygen atoms in total. The van der Waals surface area contributed by atoms with Gasteiger partial charge in [-0.3, -0.25) is 4.68 Å². The van der Waals surface area contributed by atoms with Crippen LogP contribution in [0.15, 0.2) is 42.6 Å². The van der Waals surface area contributed by atoms with Crippen LogP contribution in [-0.2, 0) is 7.05 Å². The Bertz CT molecular complexity index is 903. The van der Waals surface area contributed by atoms with Crippen molar-refractivity contribution in [3.05, 3.63) is 48.4 Å². The highest BCUT2D eigenvalue weighted by molar-refractivity contribution is 5.86. The van der Waals surface area contributed by atoms with Crippen LogP contribution in [-0.4, -0.2) is 19.7 Å². The normalized spacial score (nSPS) is 11.5. The number of para-hydroxylation sites is 2. The zero-order chi connectivity index (χ0) is 13.7. The minimum absolute atomic E-state index is 0.301. The van der Waals surface area contributed by atoms with Crippen molar-refractivity contribution >= 4 is 21.9 Å². The maximum Gasteiger partial charge on any atom is 0.141 e. The molecule has 0 saturated heterocycles. The van der Waals surface area contributed by atoms with Crippen LogP contribution in [0.4, 0.5) is 4.39 Å². The second-order valence-corrected chi connectivity index (χ2v) is 4.76. The Morgan fingerprint density at radius 3 is 2.90 bits per heavy atom. The zero-order valence-corrected chi connectivity index (χ0v) is 10.8. The van der Waals surface area contributed by atoms with E-state index in [4.69, 9.17) is 0 Å². The molecule has 0 spiro atoms. The molecule has 1 N–H and O–H groups in total. The maximum absolute atomic E-state index is 14.2. The van der Waals surface area contributed by atoms with Crippen molar-refractivity contribution < 1.29 is 4.39 Å². The van der Waals surface area contributed by atoms with Crippen LogP contribution in [0.1, 0.15) is 0 Å². The van der Waals surface area contributed by atoms with Crippen molar-refractivity contribution in [2.45, 2.75) is 0 Å². The Hall–Kier alpha value is -2.69. The molecule has 0 radical (unpaired) electrons. The summed E-state index contributed by atoms with van der Waals surface area (Å²) in [4.78, 5) is 7.59. The van der Waals surface area contributed by atoms with E-state index in [1.165, 1.54) is 6.07 Å². The van der Waals surface area contributed by atoms with E-state index in [0.717, 1.165) is 21.9 Å². The molecule has 0 atom stereocenters. The van der Waals surface area contributed by atoms with E-state index in [0.29, 0.717) is 11.4 Å². The van der Waals surface area contributed by atoms with Gasteiger partial charge in [0.2, 0.25) is 0 Å². The number of rotatable bonds is 1. The summed E-state index contributed by atoms with van der Waals surface area (Å²) in [5.74, 6) is 0.233. The van der Waals surface area contributed by atoms with Crippen molar-refractivity contribution in [1.29, 1.82) is 0 Å². The first-order chi connectivity index (χ1) is 9.72. The first kappa shape index (κ1) is 11.2. The second-order valence-electron chi connectivity index (χ2n) is 4.76. The number of aromatic amines is 1. The fourth-order valence-corrected chi connectivity index (χ4v) is 2.43. The number of fused-ring (bicyclic) bond motifs is 2. The summed E-state index contributed by atoms with van der Waals surface area (Å²) >= 11 is 0. The molecule has 0 fully saturated rings. The van der Waals surface area contributed by atoms with Crippen LogP contribution in [0.3, 0.4) is 0 Å². The van der Waals surface area contributed by atoms with Crippen molar-refractivity contribution in [3.63, 3.8) is 0 Å². The van der Waals surface area contributed by atoms with Gasteiger partial charge < -0.3 is 4.98 Å². The summed E-state index contributed by atoms with van der Waals surface area (Å²) in [6.45, 7) is 0. The SMILES string of the molecule is Cn1ncc2cc(F)c(-c3nc4ccccc4[nH]3)cc21.